The van der Waals surface area contributed by atoms with E-state index in [0.29, 0.717) is 29.1 Å². The summed E-state index contributed by atoms with van der Waals surface area (Å²) in [7, 11) is 9.20. The smallest absolute Gasteiger partial charge is 0.303 e. The van der Waals surface area contributed by atoms with Gasteiger partial charge < -0.3 is 28.3 Å². The van der Waals surface area contributed by atoms with Gasteiger partial charge in [-0.1, -0.05) is 30.3 Å². The molecule has 0 unspecified atom stereocenters. The van der Waals surface area contributed by atoms with Crippen molar-refractivity contribution in [1.29, 1.82) is 0 Å². The maximum atomic E-state index is 14.2. The van der Waals surface area contributed by atoms with Gasteiger partial charge in [-0.05, 0) is 47.5 Å². The summed E-state index contributed by atoms with van der Waals surface area (Å²) in [6, 6.07) is 21.4. The number of para-hydroxylation sites is 1. The van der Waals surface area contributed by atoms with Gasteiger partial charge in [0, 0.05) is 18.2 Å². The molecule has 4 rings (SSSR count). The van der Waals surface area contributed by atoms with Crippen molar-refractivity contribution in [2.24, 2.45) is 0 Å². The highest BCUT2D eigenvalue weighted by Crippen LogP contribution is 2.47. The zero-order chi connectivity index (χ0) is 29.6. The third-order valence-corrected chi connectivity index (χ3v) is 8.69. The zero-order valence-corrected chi connectivity index (χ0v) is 25.4. The molecule has 8 nitrogen and oxygen atoms in total. The molecule has 0 spiro atoms. The molecule has 1 heterocycles. The lowest BCUT2D eigenvalue weighted by Gasteiger charge is -2.34. The molecule has 9 heteroatoms. The molecule has 1 aliphatic rings. The van der Waals surface area contributed by atoms with Crippen LogP contribution >= 0.6 is 11.8 Å². The second kappa shape index (κ2) is 13.3. The van der Waals surface area contributed by atoms with Crippen molar-refractivity contribution < 1.29 is 33.0 Å². The molecule has 1 aliphatic heterocycles. The fourth-order valence-electron chi connectivity index (χ4n) is 4.89. The number of anilines is 1. The van der Waals surface area contributed by atoms with Crippen molar-refractivity contribution in [3.05, 3.63) is 77.9 Å². The molecule has 1 amide bonds. The van der Waals surface area contributed by atoms with Crippen LogP contribution in [-0.4, -0.2) is 77.5 Å². The minimum atomic E-state index is -0.972. The highest BCUT2D eigenvalue weighted by atomic mass is 32.2. The highest BCUT2D eigenvalue weighted by Gasteiger charge is 2.41. The lowest BCUT2D eigenvalue weighted by Crippen LogP contribution is -2.50. The number of ether oxygens (including phenoxy) is 4. The predicted molar refractivity (Wildman–Crippen MR) is 161 cm³/mol. The second-order valence-corrected chi connectivity index (χ2v) is 11.8. The number of thioether (sulfide) groups is 1. The number of hydrogen-bond donors (Lipinski definition) is 0. The maximum Gasteiger partial charge on any atom is 0.303 e. The number of carbonyl (C=O) groups excluding carboxylic acids is 2. The summed E-state index contributed by atoms with van der Waals surface area (Å²) in [6.45, 7) is 3.38. The van der Waals surface area contributed by atoms with E-state index in [1.807, 2.05) is 60.7 Å². The van der Waals surface area contributed by atoms with E-state index in [4.69, 9.17) is 18.9 Å². The normalized spacial score (nSPS) is 16.9. The Kier molecular flexibility index (Phi) is 9.83. The van der Waals surface area contributed by atoms with E-state index in [1.165, 1.54) is 6.92 Å². The standard InChI is InChI=1S/C32H39N2O6S/c1-22(35)40-30-31(24-12-14-25(37-4)15-13-24)41-29-10-8-7-9-26(29)33(32(30)36)18-20-34(2,3)19-17-23-11-16-27(38-5)28(21-23)39-6/h7-16,21,30-31H,17-20H2,1-6H3/q+1/t30-,31+/m1/s1. The van der Waals surface area contributed by atoms with Crippen LogP contribution in [0, 0.1) is 0 Å². The van der Waals surface area contributed by atoms with Gasteiger partial charge in [-0.25, -0.2) is 0 Å². The van der Waals surface area contributed by atoms with Crippen molar-refractivity contribution in [2.75, 3.05) is 60.0 Å². The number of nitrogens with zero attached hydrogens (tertiary/aromatic N) is 2. The molecule has 3 aromatic carbocycles. The predicted octanol–water partition coefficient (Wildman–Crippen LogP) is 5.14. The lowest BCUT2D eigenvalue weighted by molar-refractivity contribution is -0.888. The van der Waals surface area contributed by atoms with Crippen molar-refractivity contribution in [3.63, 3.8) is 0 Å². The van der Waals surface area contributed by atoms with Gasteiger partial charge in [0.25, 0.3) is 5.91 Å². The SMILES string of the molecule is COc1ccc([C@@H]2Sc3ccccc3N(CC[N+](C)(C)CCc3ccc(OC)c(OC)c3)C(=O)[C@@H]2OC(C)=O)cc1. The van der Waals surface area contributed by atoms with Crippen LogP contribution < -0.4 is 19.1 Å². The van der Waals surface area contributed by atoms with Crippen LogP contribution in [0.5, 0.6) is 17.2 Å². The first-order valence-electron chi connectivity index (χ1n) is 13.6. The Morgan fingerprint density at radius 2 is 1.61 bits per heavy atom. The first-order chi connectivity index (χ1) is 19.7. The van der Waals surface area contributed by atoms with E-state index >= 15 is 0 Å². The zero-order valence-electron chi connectivity index (χ0n) is 24.6. The average molecular weight is 580 g/mol. The third kappa shape index (κ3) is 7.34. The second-order valence-electron chi connectivity index (χ2n) is 10.6. The van der Waals surface area contributed by atoms with Gasteiger partial charge in [0.1, 0.15) is 5.75 Å². The van der Waals surface area contributed by atoms with E-state index in [0.717, 1.165) is 40.4 Å². The summed E-state index contributed by atoms with van der Waals surface area (Å²) >= 11 is 1.54. The molecule has 41 heavy (non-hydrogen) atoms. The number of methoxy groups -OCH3 is 3. The fourth-order valence-corrected chi connectivity index (χ4v) is 6.21. The first kappa shape index (κ1) is 30.3. The maximum absolute atomic E-state index is 14.2. The van der Waals surface area contributed by atoms with E-state index in [-0.39, 0.29) is 5.91 Å². The molecule has 0 aliphatic carbocycles. The van der Waals surface area contributed by atoms with Gasteiger partial charge in [0.15, 0.2) is 17.6 Å². The molecule has 218 valence electrons. The number of quaternary nitrogens is 1. The summed E-state index contributed by atoms with van der Waals surface area (Å²) < 4.78 is 22.6. The fraction of sp³-hybridized carbons (Fsp3) is 0.375. The van der Waals surface area contributed by atoms with Gasteiger partial charge in [-0.3, -0.25) is 9.59 Å². The number of hydrogen-bond acceptors (Lipinski definition) is 7. The molecule has 0 bridgehead atoms. The molecule has 2 atom stereocenters. The summed E-state index contributed by atoms with van der Waals surface area (Å²) in [4.78, 5) is 29.1. The van der Waals surface area contributed by atoms with Crippen LogP contribution in [0.2, 0.25) is 0 Å². The van der Waals surface area contributed by atoms with Gasteiger partial charge in [-0.2, -0.15) is 0 Å². The molecule has 0 saturated heterocycles. The summed E-state index contributed by atoms with van der Waals surface area (Å²) in [5, 5.41) is -0.406. The average Bonchev–Trinajstić information content (AvgIpc) is 3.08. The Balaban J connectivity index is 1.56. The quantitative estimate of drug-likeness (QED) is 0.230. The molecule has 0 fully saturated rings. The van der Waals surface area contributed by atoms with E-state index < -0.39 is 17.3 Å². The van der Waals surface area contributed by atoms with Crippen molar-refractivity contribution >= 4 is 29.3 Å². The van der Waals surface area contributed by atoms with Crippen molar-refractivity contribution in [2.45, 2.75) is 29.6 Å². The first-order valence-corrected chi connectivity index (χ1v) is 14.4. The molecular formula is C32H39N2O6S+. The molecule has 3 aromatic rings. The molecule has 0 aromatic heterocycles. The monoisotopic (exact) mass is 579 g/mol. The van der Waals surface area contributed by atoms with Crippen LogP contribution in [0.1, 0.15) is 23.3 Å². The summed E-state index contributed by atoms with van der Waals surface area (Å²) in [5.41, 5.74) is 2.87. The third-order valence-electron chi connectivity index (χ3n) is 7.31. The van der Waals surface area contributed by atoms with Gasteiger partial charge in [0.2, 0.25) is 0 Å². The minimum absolute atomic E-state index is 0.224. The molecule has 0 radical (unpaired) electrons. The van der Waals surface area contributed by atoms with Crippen LogP contribution in [0.4, 0.5) is 5.69 Å². The van der Waals surface area contributed by atoms with Crippen molar-refractivity contribution in [1.82, 2.24) is 0 Å². The van der Waals surface area contributed by atoms with Crippen LogP contribution in [0.25, 0.3) is 0 Å². The Morgan fingerprint density at radius 3 is 2.27 bits per heavy atom. The van der Waals surface area contributed by atoms with Crippen LogP contribution in [0.3, 0.4) is 0 Å². The van der Waals surface area contributed by atoms with E-state index in [2.05, 4.69) is 20.2 Å². The van der Waals surface area contributed by atoms with E-state index in [1.54, 1.807) is 38.0 Å². The minimum Gasteiger partial charge on any atom is -0.497 e. The Bertz CT molecular complexity index is 1360. The number of rotatable bonds is 11. The number of likely N-dealkylation sites (N-methyl/N-ethyl adjacent to an activating group) is 1. The van der Waals surface area contributed by atoms with E-state index in [9.17, 15) is 9.59 Å². The topological polar surface area (TPSA) is 74.3 Å². The van der Waals surface area contributed by atoms with Crippen LogP contribution in [-0.2, 0) is 20.7 Å². The lowest BCUT2D eigenvalue weighted by atomic mass is 10.1. The number of esters is 1. The number of fused-ring (bicyclic) bond motifs is 1. The summed E-state index contributed by atoms with van der Waals surface area (Å²) in [6.07, 6.45) is -0.135. The molecule has 0 saturated carbocycles. The number of benzene rings is 3. The van der Waals surface area contributed by atoms with Crippen molar-refractivity contribution in [3.8, 4) is 17.2 Å². The molecular weight excluding hydrogens is 540 g/mol. The van der Waals surface area contributed by atoms with Gasteiger partial charge in [-0.15, -0.1) is 11.8 Å². The largest absolute Gasteiger partial charge is 0.497 e. The Morgan fingerprint density at radius 1 is 0.902 bits per heavy atom. The Hall–Kier alpha value is -3.69. The Labute approximate surface area is 246 Å². The number of carbonyl (C=O) groups is 2. The molecule has 0 N–H and O–H groups in total. The number of amides is 1. The highest BCUT2D eigenvalue weighted by molar-refractivity contribution is 7.99. The van der Waals surface area contributed by atoms with Gasteiger partial charge in [0.05, 0.1) is 66.0 Å². The van der Waals surface area contributed by atoms with Gasteiger partial charge >= 0.3 is 5.97 Å². The summed E-state index contributed by atoms with van der Waals surface area (Å²) in [5.74, 6) is 1.43. The van der Waals surface area contributed by atoms with Crippen LogP contribution in [0.15, 0.2) is 71.6 Å².